The Labute approximate surface area is 214 Å². The van der Waals surface area contributed by atoms with Crippen LogP contribution in [0.4, 0.5) is 31.1 Å². The summed E-state index contributed by atoms with van der Waals surface area (Å²) >= 11 is 6.44. The van der Waals surface area contributed by atoms with Crippen LogP contribution in [0.25, 0.3) is 0 Å². The number of benzene rings is 2. The van der Waals surface area contributed by atoms with Gasteiger partial charge in [0.2, 0.25) is 5.91 Å². The van der Waals surface area contributed by atoms with Crippen molar-refractivity contribution in [1.82, 2.24) is 14.7 Å². The van der Waals surface area contributed by atoms with E-state index in [2.05, 4.69) is 0 Å². The average molecular weight is 548 g/mol. The molecule has 0 aromatic heterocycles. The van der Waals surface area contributed by atoms with Crippen LogP contribution in [-0.2, 0) is 17.1 Å². The molecular weight excluding hydrogens is 524 g/mol. The van der Waals surface area contributed by atoms with E-state index in [0.29, 0.717) is 35.6 Å². The second-order valence-electron chi connectivity index (χ2n) is 9.26. The Morgan fingerprint density at radius 1 is 1.03 bits per heavy atom. The summed E-state index contributed by atoms with van der Waals surface area (Å²) in [5.41, 5.74) is -2.59. The van der Waals surface area contributed by atoms with Crippen molar-refractivity contribution < 1.29 is 35.9 Å². The second kappa shape index (κ2) is 9.74. The van der Waals surface area contributed by atoms with Gasteiger partial charge >= 0.3 is 18.4 Å². The number of alkyl halides is 6. The molecule has 2 saturated heterocycles. The fourth-order valence-electron chi connectivity index (χ4n) is 5.05. The molecule has 2 fully saturated rings. The Morgan fingerprint density at radius 3 is 2.19 bits per heavy atom. The van der Waals surface area contributed by atoms with E-state index in [9.17, 15) is 35.9 Å². The normalized spacial score (nSPS) is 21.2. The van der Waals surface area contributed by atoms with Crippen molar-refractivity contribution in [2.24, 2.45) is 0 Å². The number of fused-ring (bicyclic) bond motifs is 1. The highest BCUT2D eigenvalue weighted by atomic mass is 35.5. The minimum absolute atomic E-state index is 0.0421. The number of halogens is 7. The minimum Gasteiger partial charge on any atom is -0.335 e. The number of nitrogens with zero attached hydrogens (tertiary/aromatic N) is 3. The van der Waals surface area contributed by atoms with E-state index in [4.69, 9.17) is 11.6 Å². The molecule has 2 aliphatic heterocycles. The van der Waals surface area contributed by atoms with Gasteiger partial charge in [-0.3, -0.25) is 4.79 Å². The van der Waals surface area contributed by atoms with Crippen molar-refractivity contribution in [2.45, 2.75) is 50.2 Å². The topological polar surface area (TPSA) is 43.9 Å². The molecule has 3 amide bonds. The van der Waals surface area contributed by atoms with Gasteiger partial charge in [-0.2, -0.15) is 26.3 Å². The molecule has 0 bridgehead atoms. The number of carbonyl (C=O) groups is 2. The molecule has 0 spiro atoms. The first-order chi connectivity index (χ1) is 17.2. The maximum absolute atomic E-state index is 13.7. The molecule has 2 heterocycles. The molecule has 2 aliphatic rings. The van der Waals surface area contributed by atoms with E-state index >= 15 is 0 Å². The molecule has 3 atom stereocenters. The fourth-order valence-corrected chi connectivity index (χ4v) is 5.30. The largest absolute Gasteiger partial charge is 0.416 e. The van der Waals surface area contributed by atoms with Gasteiger partial charge in [-0.05, 0) is 48.7 Å². The van der Waals surface area contributed by atoms with Crippen LogP contribution < -0.4 is 0 Å². The van der Waals surface area contributed by atoms with Crippen molar-refractivity contribution in [3.05, 3.63) is 69.7 Å². The second-order valence-corrected chi connectivity index (χ2v) is 9.67. The lowest BCUT2D eigenvalue weighted by molar-refractivity contribution is -0.143. The summed E-state index contributed by atoms with van der Waals surface area (Å²) in [6.07, 6.45) is -9.21. The first kappa shape index (κ1) is 27.1. The van der Waals surface area contributed by atoms with E-state index < -0.39 is 41.6 Å². The predicted molar refractivity (Wildman–Crippen MR) is 124 cm³/mol. The van der Waals surface area contributed by atoms with Crippen LogP contribution in [0, 0.1) is 0 Å². The molecule has 0 aliphatic carbocycles. The Balaban J connectivity index is 1.69. The molecule has 1 unspecified atom stereocenters. The molecule has 0 radical (unpaired) electrons. The quantitative estimate of drug-likeness (QED) is 0.410. The SMILES string of the molecule is C[C@H](c1cc(C(F)(F)F)cc(C(F)(F)F)c1)N(C)C(=O)N1CCN2C(=O)CC[C@H]2C1c1ccccc1Cl. The van der Waals surface area contributed by atoms with Crippen LogP contribution in [-0.4, -0.2) is 52.8 Å². The van der Waals surface area contributed by atoms with Crippen LogP contribution in [0.15, 0.2) is 42.5 Å². The van der Waals surface area contributed by atoms with Gasteiger partial charge in [-0.25, -0.2) is 4.79 Å². The summed E-state index contributed by atoms with van der Waals surface area (Å²) in [4.78, 5) is 30.4. The van der Waals surface area contributed by atoms with Crippen molar-refractivity contribution in [3.8, 4) is 0 Å². The summed E-state index contributed by atoms with van der Waals surface area (Å²) < 4.78 is 80.3. The number of hydrogen-bond acceptors (Lipinski definition) is 2. The molecule has 37 heavy (non-hydrogen) atoms. The maximum atomic E-state index is 13.7. The van der Waals surface area contributed by atoms with Crippen LogP contribution in [0.3, 0.4) is 0 Å². The zero-order chi connectivity index (χ0) is 27.3. The molecule has 4 rings (SSSR count). The lowest BCUT2D eigenvalue weighted by atomic mass is 9.93. The summed E-state index contributed by atoms with van der Waals surface area (Å²) in [5.74, 6) is -0.0421. The molecule has 0 saturated carbocycles. The van der Waals surface area contributed by atoms with E-state index in [1.165, 1.54) is 18.9 Å². The van der Waals surface area contributed by atoms with Crippen molar-refractivity contribution in [3.63, 3.8) is 0 Å². The zero-order valence-electron chi connectivity index (χ0n) is 19.9. The van der Waals surface area contributed by atoms with Gasteiger partial charge < -0.3 is 14.7 Å². The van der Waals surface area contributed by atoms with Crippen LogP contribution >= 0.6 is 11.6 Å². The Kier molecular flexibility index (Phi) is 7.13. The summed E-state index contributed by atoms with van der Waals surface area (Å²) in [5, 5.41) is 0.384. The van der Waals surface area contributed by atoms with Gasteiger partial charge in [-0.15, -0.1) is 0 Å². The lowest BCUT2D eigenvalue weighted by Crippen LogP contribution is -2.57. The smallest absolute Gasteiger partial charge is 0.335 e. The highest BCUT2D eigenvalue weighted by molar-refractivity contribution is 6.31. The lowest BCUT2D eigenvalue weighted by Gasteiger charge is -2.46. The predicted octanol–water partition coefficient (Wildman–Crippen LogP) is 6.54. The van der Waals surface area contributed by atoms with E-state index in [1.807, 2.05) is 0 Å². The van der Waals surface area contributed by atoms with E-state index in [-0.39, 0.29) is 36.7 Å². The number of amides is 3. The molecule has 5 nitrogen and oxygen atoms in total. The van der Waals surface area contributed by atoms with Crippen LogP contribution in [0.2, 0.25) is 5.02 Å². The molecule has 12 heteroatoms. The number of carbonyl (C=O) groups excluding carboxylic acids is 2. The van der Waals surface area contributed by atoms with Crippen molar-refractivity contribution in [1.29, 1.82) is 0 Å². The zero-order valence-corrected chi connectivity index (χ0v) is 20.7. The number of hydrogen-bond donors (Lipinski definition) is 0. The minimum atomic E-state index is -5.00. The van der Waals surface area contributed by atoms with Crippen LogP contribution in [0.5, 0.6) is 0 Å². The maximum Gasteiger partial charge on any atom is 0.416 e. The summed E-state index contributed by atoms with van der Waals surface area (Å²) in [7, 11) is 1.33. The first-order valence-electron chi connectivity index (χ1n) is 11.6. The molecule has 200 valence electrons. The Morgan fingerprint density at radius 2 is 1.62 bits per heavy atom. The standard InChI is InChI=1S/C25H24ClF6N3O2/c1-14(15-11-16(24(27,28)29)13-17(12-15)25(30,31)32)33(2)23(37)35-10-9-34-20(7-8-21(34)36)22(35)18-5-3-4-6-19(18)26/h3-6,11-14,20,22H,7-10H2,1-2H3/t14-,20+,22?/m1/s1. The molecular formula is C25H24ClF6N3O2. The van der Waals surface area contributed by atoms with Gasteiger partial charge in [0.15, 0.2) is 0 Å². The molecule has 0 N–H and O–H groups in total. The number of rotatable bonds is 3. The third-order valence-corrected chi connectivity index (χ3v) is 7.45. The van der Waals surface area contributed by atoms with Crippen LogP contribution in [0.1, 0.15) is 54.1 Å². The van der Waals surface area contributed by atoms with E-state index in [0.717, 1.165) is 4.90 Å². The fraction of sp³-hybridized carbons (Fsp3) is 0.440. The Bertz CT molecular complexity index is 1170. The Hall–Kier alpha value is -2.95. The third kappa shape index (κ3) is 5.23. The van der Waals surface area contributed by atoms with E-state index in [1.54, 1.807) is 29.2 Å². The first-order valence-corrected chi connectivity index (χ1v) is 11.9. The third-order valence-electron chi connectivity index (χ3n) is 7.10. The van der Waals surface area contributed by atoms with Gasteiger partial charge in [0.05, 0.1) is 29.3 Å². The monoisotopic (exact) mass is 547 g/mol. The van der Waals surface area contributed by atoms with Crippen molar-refractivity contribution in [2.75, 3.05) is 20.1 Å². The average Bonchev–Trinajstić information content (AvgIpc) is 3.22. The number of urea groups is 1. The van der Waals surface area contributed by atoms with Gasteiger partial charge in [0, 0.05) is 31.6 Å². The van der Waals surface area contributed by atoms with Gasteiger partial charge in [-0.1, -0.05) is 29.8 Å². The molecule has 2 aromatic rings. The highest BCUT2D eigenvalue weighted by Gasteiger charge is 2.46. The van der Waals surface area contributed by atoms with Gasteiger partial charge in [0.1, 0.15) is 0 Å². The number of piperazine rings is 1. The summed E-state index contributed by atoms with van der Waals surface area (Å²) in [6, 6.07) is 5.49. The highest BCUT2D eigenvalue weighted by Crippen LogP contribution is 2.42. The van der Waals surface area contributed by atoms with Crippen molar-refractivity contribution >= 4 is 23.5 Å². The summed E-state index contributed by atoms with van der Waals surface area (Å²) in [6.45, 7) is 1.76. The van der Waals surface area contributed by atoms with Gasteiger partial charge in [0.25, 0.3) is 0 Å². The molecule has 2 aromatic carbocycles.